The number of amides is 2. The molecule has 0 radical (unpaired) electrons. The van der Waals surface area contributed by atoms with Crippen molar-refractivity contribution in [3.05, 3.63) is 35.4 Å². The highest BCUT2D eigenvalue weighted by Crippen LogP contribution is 2.28. The lowest BCUT2D eigenvalue weighted by molar-refractivity contribution is -0.145. The van der Waals surface area contributed by atoms with Gasteiger partial charge < -0.3 is 14.9 Å². The van der Waals surface area contributed by atoms with Crippen LogP contribution in [0.4, 0.5) is 0 Å². The molecule has 2 amide bonds. The Morgan fingerprint density at radius 2 is 1.86 bits per heavy atom. The first-order chi connectivity index (χ1) is 13.4. The van der Waals surface area contributed by atoms with Crippen molar-refractivity contribution in [3.63, 3.8) is 0 Å². The largest absolute Gasteiger partial charge is 0.480 e. The van der Waals surface area contributed by atoms with E-state index in [4.69, 9.17) is 5.11 Å². The van der Waals surface area contributed by atoms with E-state index < -0.39 is 5.97 Å². The first-order valence-electron chi connectivity index (χ1n) is 10.3. The predicted molar refractivity (Wildman–Crippen MR) is 106 cm³/mol. The first-order valence-corrected chi connectivity index (χ1v) is 10.3. The van der Waals surface area contributed by atoms with Crippen LogP contribution in [0.5, 0.6) is 0 Å². The first kappa shape index (κ1) is 20.4. The normalized spacial score (nSPS) is 22.1. The van der Waals surface area contributed by atoms with Crippen LogP contribution in [0, 0.1) is 5.92 Å². The third-order valence-electron chi connectivity index (χ3n) is 6.11. The Bertz CT molecular complexity index is 733. The molecule has 1 heterocycles. The molecular weight excluding hydrogens is 356 g/mol. The van der Waals surface area contributed by atoms with Gasteiger partial charge in [-0.2, -0.15) is 0 Å². The minimum absolute atomic E-state index is 0.104. The quantitative estimate of drug-likeness (QED) is 0.843. The summed E-state index contributed by atoms with van der Waals surface area (Å²) >= 11 is 0. The van der Waals surface area contributed by atoms with E-state index >= 15 is 0 Å². The maximum absolute atomic E-state index is 12.9. The van der Waals surface area contributed by atoms with Gasteiger partial charge in [0.25, 0.3) is 0 Å². The molecule has 0 spiro atoms. The second-order valence-electron chi connectivity index (χ2n) is 8.09. The van der Waals surface area contributed by atoms with Crippen molar-refractivity contribution in [2.24, 2.45) is 5.92 Å². The maximum Gasteiger partial charge on any atom is 0.323 e. The summed E-state index contributed by atoms with van der Waals surface area (Å²) in [4.78, 5) is 39.1. The maximum atomic E-state index is 12.9. The van der Waals surface area contributed by atoms with E-state index in [-0.39, 0.29) is 24.4 Å². The second kappa shape index (κ2) is 9.22. The lowest BCUT2D eigenvalue weighted by atomic mass is 9.82. The Morgan fingerprint density at radius 3 is 2.57 bits per heavy atom. The van der Waals surface area contributed by atoms with Gasteiger partial charge in [0, 0.05) is 32.5 Å². The molecule has 1 aliphatic carbocycles. The zero-order valence-electron chi connectivity index (χ0n) is 16.6. The van der Waals surface area contributed by atoms with Gasteiger partial charge in [-0.05, 0) is 55.6 Å². The van der Waals surface area contributed by atoms with E-state index in [1.165, 1.54) is 23.0 Å². The number of aliphatic carboxylic acids is 1. The van der Waals surface area contributed by atoms with Crippen molar-refractivity contribution in [2.45, 2.75) is 57.9 Å². The molecule has 1 N–H and O–H groups in total. The fourth-order valence-corrected chi connectivity index (χ4v) is 4.61. The van der Waals surface area contributed by atoms with Crippen molar-refractivity contribution in [1.82, 2.24) is 9.80 Å². The number of rotatable bonds is 5. The molecule has 0 saturated carbocycles. The third-order valence-corrected chi connectivity index (χ3v) is 6.11. The highest BCUT2D eigenvalue weighted by atomic mass is 16.4. The zero-order chi connectivity index (χ0) is 20.1. The number of likely N-dealkylation sites (tertiary alicyclic amines) is 1. The molecule has 6 nitrogen and oxygen atoms in total. The number of hydrogen-bond acceptors (Lipinski definition) is 3. The van der Waals surface area contributed by atoms with Crippen LogP contribution in [0.2, 0.25) is 0 Å². The number of carbonyl (C=O) groups is 3. The highest BCUT2D eigenvalue weighted by molar-refractivity contribution is 5.80. The van der Waals surface area contributed by atoms with Crippen LogP contribution in [0.3, 0.4) is 0 Å². The second-order valence-corrected chi connectivity index (χ2v) is 8.09. The van der Waals surface area contributed by atoms with Gasteiger partial charge in [0.1, 0.15) is 6.54 Å². The summed E-state index contributed by atoms with van der Waals surface area (Å²) in [5, 5.41) is 9.07. The summed E-state index contributed by atoms with van der Waals surface area (Å²) in [6.45, 7) is 2.43. The fraction of sp³-hybridized carbons (Fsp3) is 0.591. The molecule has 6 heteroatoms. The topological polar surface area (TPSA) is 77.9 Å². The van der Waals surface area contributed by atoms with Crippen LogP contribution in [-0.4, -0.2) is 58.4 Å². The number of carboxylic acid groups (broad SMARTS) is 1. The average Bonchev–Trinajstić information content (AvgIpc) is 2.92. The Kier molecular flexibility index (Phi) is 6.70. The SMILES string of the molecule is CC(=O)N(CC(=O)O)C1CCCN(C(=O)CC2CCc3ccccc3C2)CC1. The molecular formula is C22H30N2O4. The molecule has 28 heavy (non-hydrogen) atoms. The number of fused-ring (bicyclic) bond motifs is 1. The van der Waals surface area contributed by atoms with Gasteiger partial charge in [0.05, 0.1) is 0 Å². The number of carboxylic acids is 1. The Hall–Kier alpha value is -2.37. The average molecular weight is 386 g/mol. The Labute approximate surface area is 166 Å². The van der Waals surface area contributed by atoms with Gasteiger partial charge in [0.2, 0.25) is 11.8 Å². The van der Waals surface area contributed by atoms with Crippen molar-refractivity contribution >= 4 is 17.8 Å². The molecule has 2 atom stereocenters. The van der Waals surface area contributed by atoms with E-state index in [2.05, 4.69) is 24.3 Å². The molecule has 2 aliphatic rings. The molecule has 0 bridgehead atoms. The van der Waals surface area contributed by atoms with Crippen LogP contribution in [0.25, 0.3) is 0 Å². The molecule has 1 aromatic carbocycles. The molecule has 152 valence electrons. The van der Waals surface area contributed by atoms with Gasteiger partial charge >= 0.3 is 5.97 Å². The minimum atomic E-state index is -0.995. The van der Waals surface area contributed by atoms with Crippen LogP contribution in [0.15, 0.2) is 24.3 Å². The number of aryl methyl sites for hydroxylation is 1. The molecule has 3 rings (SSSR count). The standard InChI is InChI=1S/C22H30N2O4/c1-16(25)24(15-22(27)28)20-7-4-11-23(12-10-20)21(26)14-17-8-9-18-5-2-3-6-19(18)13-17/h2-3,5-6,17,20H,4,7-15H2,1H3,(H,27,28). The summed E-state index contributed by atoms with van der Waals surface area (Å²) in [5.74, 6) is -0.627. The number of carbonyl (C=O) groups excluding carboxylic acids is 2. The van der Waals surface area contributed by atoms with Gasteiger partial charge in [0.15, 0.2) is 0 Å². The lowest BCUT2D eigenvalue weighted by Crippen LogP contribution is -2.43. The van der Waals surface area contributed by atoms with E-state index in [1.54, 1.807) is 0 Å². The smallest absolute Gasteiger partial charge is 0.323 e. The number of nitrogens with zero attached hydrogens (tertiary/aromatic N) is 2. The number of benzene rings is 1. The predicted octanol–water partition coefficient (Wildman–Crippen LogP) is 2.50. The van der Waals surface area contributed by atoms with E-state index in [0.29, 0.717) is 31.8 Å². The Balaban J connectivity index is 1.54. The third kappa shape index (κ3) is 5.12. The van der Waals surface area contributed by atoms with Crippen LogP contribution in [-0.2, 0) is 27.2 Å². The monoisotopic (exact) mass is 386 g/mol. The van der Waals surface area contributed by atoms with Crippen molar-refractivity contribution in [1.29, 1.82) is 0 Å². The Morgan fingerprint density at radius 1 is 1.11 bits per heavy atom. The summed E-state index contributed by atoms with van der Waals surface area (Å²) in [6.07, 6.45) is 5.82. The van der Waals surface area contributed by atoms with Crippen LogP contribution < -0.4 is 0 Å². The molecule has 2 unspecified atom stereocenters. The molecule has 1 aliphatic heterocycles. The van der Waals surface area contributed by atoms with Gasteiger partial charge in [-0.25, -0.2) is 0 Å². The van der Waals surface area contributed by atoms with Crippen LogP contribution >= 0.6 is 0 Å². The zero-order valence-corrected chi connectivity index (χ0v) is 16.6. The summed E-state index contributed by atoms with van der Waals surface area (Å²) in [6, 6.07) is 8.39. The summed E-state index contributed by atoms with van der Waals surface area (Å²) in [5.41, 5.74) is 2.78. The van der Waals surface area contributed by atoms with E-state index in [9.17, 15) is 14.4 Å². The van der Waals surface area contributed by atoms with Crippen LogP contribution in [0.1, 0.15) is 50.2 Å². The fourth-order valence-electron chi connectivity index (χ4n) is 4.61. The summed E-state index contributed by atoms with van der Waals surface area (Å²) < 4.78 is 0. The lowest BCUT2D eigenvalue weighted by Gasteiger charge is -2.29. The highest BCUT2D eigenvalue weighted by Gasteiger charge is 2.29. The molecule has 1 fully saturated rings. The summed E-state index contributed by atoms with van der Waals surface area (Å²) in [7, 11) is 0. The van der Waals surface area contributed by atoms with E-state index in [1.807, 2.05) is 4.90 Å². The molecule has 0 aromatic heterocycles. The van der Waals surface area contributed by atoms with Gasteiger partial charge in [-0.15, -0.1) is 0 Å². The van der Waals surface area contributed by atoms with Gasteiger partial charge in [-0.3, -0.25) is 14.4 Å². The van der Waals surface area contributed by atoms with Crippen molar-refractivity contribution in [2.75, 3.05) is 19.6 Å². The molecule has 1 saturated heterocycles. The molecule has 1 aromatic rings. The van der Waals surface area contributed by atoms with Crippen molar-refractivity contribution in [3.8, 4) is 0 Å². The number of hydrogen-bond donors (Lipinski definition) is 1. The van der Waals surface area contributed by atoms with Crippen molar-refractivity contribution < 1.29 is 19.5 Å². The van der Waals surface area contributed by atoms with E-state index in [0.717, 1.165) is 32.1 Å². The minimum Gasteiger partial charge on any atom is -0.480 e. The van der Waals surface area contributed by atoms with Gasteiger partial charge in [-0.1, -0.05) is 24.3 Å².